The Morgan fingerprint density at radius 2 is 2.19 bits per heavy atom. The molecule has 0 bridgehead atoms. The molecule has 112 valence electrons. The molecule has 0 saturated heterocycles. The molecule has 5 nitrogen and oxygen atoms in total. The largest absolute Gasteiger partial charge is 0.618 e. The Morgan fingerprint density at radius 1 is 1.48 bits per heavy atom. The van der Waals surface area contributed by atoms with E-state index in [4.69, 9.17) is 0 Å². The third-order valence-corrected chi connectivity index (χ3v) is 4.86. The van der Waals surface area contributed by atoms with Crippen molar-refractivity contribution in [3.8, 4) is 6.07 Å². The van der Waals surface area contributed by atoms with Gasteiger partial charge < -0.3 is 10.5 Å². The molecule has 1 N–H and O–H groups in total. The molecule has 1 amide bonds. The predicted molar refractivity (Wildman–Crippen MR) is 80.3 cm³/mol. The molecule has 6 heteroatoms. The summed E-state index contributed by atoms with van der Waals surface area (Å²) in [6.45, 7) is 1.75. The molecule has 1 aromatic heterocycles. The van der Waals surface area contributed by atoms with Gasteiger partial charge in [0.1, 0.15) is 5.54 Å². The van der Waals surface area contributed by atoms with Crippen LogP contribution in [0, 0.1) is 16.5 Å². The number of thioether (sulfide) groups is 1. The fourth-order valence-corrected chi connectivity index (χ4v) is 3.35. The molecule has 0 radical (unpaired) electrons. The molecule has 1 aromatic rings. The molecule has 0 unspecified atom stereocenters. The Morgan fingerprint density at radius 3 is 2.81 bits per heavy atom. The number of nitriles is 1. The van der Waals surface area contributed by atoms with Gasteiger partial charge in [0.25, 0.3) is 5.03 Å². The Balaban J connectivity index is 1.99. The van der Waals surface area contributed by atoms with Crippen molar-refractivity contribution in [2.24, 2.45) is 0 Å². The standard InChI is InChI=1S/C15H19N3O2S/c1-12(21-13-7-3-6-10-18(13)20)14(19)17-15(11-16)8-4-2-5-9-15/h3,6-7,10,12H,2,4-5,8-9H2,1H3,(H,17,19)/t12-/m0/s1. The number of nitrogens with zero attached hydrogens (tertiary/aromatic N) is 2. The highest BCUT2D eigenvalue weighted by Crippen LogP contribution is 2.28. The number of rotatable bonds is 4. The number of carbonyl (C=O) groups is 1. The molecule has 0 spiro atoms. The number of hydrogen-bond donors (Lipinski definition) is 1. The van der Waals surface area contributed by atoms with Crippen molar-refractivity contribution in [2.45, 2.75) is 54.8 Å². The molecule has 1 heterocycles. The second-order valence-corrected chi connectivity index (χ2v) is 6.73. The quantitative estimate of drug-likeness (QED) is 0.525. The Kier molecular flexibility index (Phi) is 5.07. The molecule has 1 aliphatic rings. The van der Waals surface area contributed by atoms with E-state index in [9.17, 15) is 15.3 Å². The van der Waals surface area contributed by atoms with E-state index in [0.717, 1.165) is 24.0 Å². The molecule has 0 aromatic carbocycles. The maximum atomic E-state index is 12.3. The molecular weight excluding hydrogens is 286 g/mol. The maximum absolute atomic E-state index is 12.3. The number of amides is 1. The van der Waals surface area contributed by atoms with E-state index in [1.54, 1.807) is 25.1 Å². The summed E-state index contributed by atoms with van der Waals surface area (Å²) in [5.41, 5.74) is -0.728. The van der Waals surface area contributed by atoms with Gasteiger partial charge in [-0.3, -0.25) is 4.79 Å². The summed E-state index contributed by atoms with van der Waals surface area (Å²) in [6.07, 6.45) is 5.87. The maximum Gasteiger partial charge on any atom is 0.252 e. The van der Waals surface area contributed by atoms with Crippen LogP contribution in [0.4, 0.5) is 0 Å². The third-order valence-electron chi connectivity index (χ3n) is 3.74. The first-order valence-electron chi connectivity index (χ1n) is 7.14. The highest BCUT2D eigenvalue weighted by molar-refractivity contribution is 8.00. The van der Waals surface area contributed by atoms with Gasteiger partial charge in [0.2, 0.25) is 5.91 Å². The Labute approximate surface area is 128 Å². The second-order valence-electron chi connectivity index (χ2n) is 5.37. The predicted octanol–water partition coefficient (Wildman–Crippen LogP) is 2.14. The molecule has 1 saturated carbocycles. The van der Waals surface area contributed by atoms with E-state index < -0.39 is 10.8 Å². The van der Waals surface area contributed by atoms with Gasteiger partial charge in [-0.1, -0.05) is 19.3 Å². The average Bonchev–Trinajstić information content (AvgIpc) is 2.50. The van der Waals surface area contributed by atoms with Crippen molar-refractivity contribution < 1.29 is 9.52 Å². The summed E-state index contributed by atoms with van der Waals surface area (Å²) < 4.78 is 0.745. The highest BCUT2D eigenvalue weighted by atomic mass is 32.2. The van der Waals surface area contributed by atoms with Gasteiger partial charge in [-0.15, -0.1) is 0 Å². The molecule has 2 rings (SSSR count). The summed E-state index contributed by atoms with van der Waals surface area (Å²) >= 11 is 1.21. The van der Waals surface area contributed by atoms with Gasteiger partial charge in [-0.05, 0) is 37.6 Å². The zero-order chi connectivity index (χ0) is 15.3. The van der Waals surface area contributed by atoms with Crippen molar-refractivity contribution in [2.75, 3.05) is 0 Å². The van der Waals surface area contributed by atoms with Crippen molar-refractivity contribution in [3.05, 3.63) is 29.6 Å². The van der Waals surface area contributed by atoms with E-state index in [0.29, 0.717) is 17.9 Å². The van der Waals surface area contributed by atoms with Crippen molar-refractivity contribution in [3.63, 3.8) is 0 Å². The molecule has 0 aliphatic heterocycles. The van der Waals surface area contributed by atoms with Gasteiger partial charge in [0, 0.05) is 12.1 Å². The number of hydrogen-bond acceptors (Lipinski definition) is 4. The number of aromatic nitrogens is 1. The second kappa shape index (κ2) is 6.81. The Bertz CT molecular complexity index is 550. The zero-order valence-electron chi connectivity index (χ0n) is 12.0. The van der Waals surface area contributed by atoms with Crippen molar-refractivity contribution in [1.29, 1.82) is 5.26 Å². The summed E-state index contributed by atoms with van der Waals surface area (Å²) in [5.74, 6) is -0.188. The lowest BCUT2D eigenvalue weighted by Gasteiger charge is -2.32. The van der Waals surface area contributed by atoms with E-state index in [1.807, 2.05) is 0 Å². The van der Waals surface area contributed by atoms with Gasteiger partial charge in [0.05, 0.1) is 11.3 Å². The highest BCUT2D eigenvalue weighted by Gasteiger charge is 2.35. The number of pyridine rings is 1. The summed E-state index contributed by atoms with van der Waals surface area (Å²) in [6, 6.07) is 7.36. The first-order valence-corrected chi connectivity index (χ1v) is 8.02. The lowest BCUT2D eigenvalue weighted by molar-refractivity contribution is -0.645. The molecule has 1 fully saturated rings. The SMILES string of the molecule is C[C@H](Sc1cccc[n+]1[O-])C(=O)NC1(C#N)CCCCC1. The van der Waals surface area contributed by atoms with Gasteiger partial charge >= 0.3 is 0 Å². The van der Waals surface area contributed by atoms with Crippen LogP contribution in [0.15, 0.2) is 29.4 Å². The molecule has 1 atom stereocenters. The van der Waals surface area contributed by atoms with E-state index >= 15 is 0 Å². The molecule has 1 aliphatic carbocycles. The van der Waals surface area contributed by atoms with E-state index in [1.165, 1.54) is 18.0 Å². The average molecular weight is 305 g/mol. The Hall–Kier alpha value is -1.74. The number of carbonyl (C=O) groups excluding carboxylic acids is 1. The van der Waals surface area contributed by atoms with E-state index in [2.05, 4.69) is 11.4 Å². The van der Waals surface area contributed by atoms with Gasteiger partial charge in [-0.2, -0.15) is 9.99 Å². The summed E-state index contributed by atoms with van der Waals surface area (Å²) in [4.78, 5) is 12.3. The lowest BCUT2D eigenvalue weighted by atomic mass is 9.83. The minimum Gasteiger partial charge on any atom is -0.618 e. The van der Waals surface area contributed by atoms with Crippen LogP contribution in [0.3, 0.4) is 0 Å². The molecule has 21 heavy (non-hydrogen) atoms. The normalized spacial score (nSPS) is 18.5. The molecular formula is C15H19N3O2S. The minimum absolute atomic E-state index is 0.188. The van der Waals surface area contributed by atoms with Gasteiger partial charge in [0.15, 0.2) is 6.20 Å². The fraction of sp³-hybridized carbons (Fsp3) is 0.533. The third kappa shape index (κ3) is 3.88. The number of nitrogens with one attached hydrogen (secondary N) is 1. The van der Waals surface area contributed by atoms with E-state index in [-0.39, 0.29) is 5.91 Å². The monoisotopic (exact) mass is 305 g/mol. The van der Waals surface area contributed by atoms with Crippen LogP contribution in [0.1, 0.15) is 39.0 Å². The van der Waals surface area contributed by atoms with Crippen molar-refractivity contribution >= 4 is 17.7 Å². The van der Waals surface area contributed by atoms with Gasteiger partial charge in [-0.25, -0.2) is 0 Å². The topological polar surface area (TPSA) is 79.8 Å². The van der Waals surface area contributed by atoms with Crippen molar-refractivity contribution in [1.82, 2.24) is 5.32 Å². The van der Waals surface area contributed by atoms with Crippen LogP contribution < -0.4 is 10.0 Å². The van der Waals surface area contributed by atoms with Crippen LogP contribution in [0.2, 0.25) is 0 Å². The summed E-state index contributed by atoms with van der Waals surface area (Å²) in [7, 11) is 0. The lowest BCUT2D eigenvalue weighted by Crippen LogP contribution is -2.51. The van der Waals surface area contributed by atoms with Crippen LogP contribution in [-0.2, 0) is 4.79 Å². The van der Waals surface area contributed by atoms with Crippen LogP contribution >= 0.6 is 11.8 Å². The first kappa shape index (κ1) is 15.6. The summed E-state index contributed by atoms with van der Waals surface area (Å²) in [5, 5.41) is 23.9. The first-order chi connectivity index (χ1) is 10.1. The van der Waals surface area contributed by atoms with Crippen LogP contribution in [0.5, 0.6) is 0 Å². The minimum atomic E-state index is -0.728. The fourth-order valence-electron chi connectivity index (χ4n) is 2.50. The smallest absolute Gasteiger partial charge is 0.252 e. The zero-order valence-corrected chi connectivity index (χ0v) is 12.9. The van der Waals surface area contributed by atoms with Crippen LogP contribution in [0.25, 0.3) is 0 Å². The van der Waals surface area contributed by atoms with Crippen LogP contribution in [-0.4, -0.2) is 16.7 Å².